The molecule has 3 aliphatic rings. The SMILES string of the molecule is CC1CN(C(=O)OC(C)(C)C)CCN1Cc1cc2c(c(C(F)(F)F)c1)CN(c1cccc(C3(Cc4nncn4C)COC3)c1)C2=O. The van der Waals surface area contributed by atoms with Crippen molar-refractivity contribution in [1.29, 1.82) is 0 Å². The van der Waals surface area contributed by atoms with Crippen molar-refractivity contribution < 1.29 is 32.2 Å². The standard InChI is InChI=1S/C33H39F3N6O4/c1-21-15-41(30(44)46-31(2,3)4)10-9-40(21)16-22-11-25-26(27(12-22)33(34,35)36)17-42(29(25)43)24-8-6-7-23(13-24)32(18-45-19-32)14-28-38-37-20-39(28)5/h6-8,11-13,20-21H,9-10,14-19H2,1-5H3. The van der Waals surface area contributed by atoms with Gasteiger partial charge in [0.15, 0.2) is 0 Å². The lowest BCUT2D eigenvalue weighted by Crippen LogP contribution is -2.54. The molecule has 0 radical (unpaired) electrons. The molecule has 3 aliphatic heterocycles. The Labute approximate surface area is 266 Å². The van der Waals surface area contributed by atoms with Gasteiger partial charge in [0.2, 0.25) is 0 Å². The Kier molecular flexibility index (Phi) is 8.12. The molecule has 2 amide bonds. The predicted octanol–water partition coefficient (Wildman–Crippen LogP) is 4.95. The molecule has 1 atom stereocenters. The number of fused-ring (bicyclic) bond motifs is 1. The number of halogens is 3. The van der Waals surface area contributed by atoms with E-state index in [9.17, 15) is 22.8 Å². The van der Waals surface area contributed by atoms with Crippen LogP contribution >= 0.6 is 0 Å². The minimum Gasteiger partial charge on any atom is -0.444 e. The zero-order chi connectivity index (χ0) is 33.0. The maximum Gasteiger partial charge on any atom is 0.416 e. The summed E-state index contributed by atoms with van der Waals surface area (Å²) in [6.45, 7) is 9.54. The van der Waals surface area contributed by atoms with Gasteiger partial charge in [-0.15, -0.1) is 10.2 Å². The first-order valence-corrected chi connectivity index (χ1v) is 15.4. The lowest BCUT2D eigenvalue weighted by atomic mass is 9.75. The van der Waals surface area contributed by atoms with Crippen molar-refractivity contribution >= 4 is 17.7 Å². The molecule has 1 aromatic heterocycles. The zero-order valence-electron chi connectivity index (χ0n) is 26.7. The van der Waals surface area contributed by atoms with Crippen molar-refractivity contribution in [2.45, 2.75) is 70.4 Å². The summed E-state index contributed by atoms with van der Waals surface area (Å²) in [7, 11) is 1.87. The van der Waals surface area contributed by atoms with Gasteiger partial charge in [-0.2, -0.15) is 13.2 Å². The van der Waals surface area contributed by atoms with Gasteiger partial charge >= 0.3 is 12.3 Å². The van der Waals surface area contributed by atoms with Gasteiger partial charge in [0.1, 0.15) is 17.8 Å². The fourth-order valence-electron chi connectivity index (χ4n) is 6.47. The molecule has 0 bridgehead atoms. The van der Waals surface area contributed by atoms with Crippen LogP contribution in [0.2, 0.25) is 0 Å². The van der Waals surface area contributed by atoms with Crippen molar-refractivity contribution in [2.24, 2.45) is 7.05 Å². The number of piperazine rings is 1. The number of anilines is 1. The Morgan fingerprint density at radius 1 is 1.13 bits per heavy atom. The zero-order valence-corrected chi connectivity index (χ0v) is 26.7. The Hall–Kier alpha value is -3.97. The Morgan fingerprint density at radius 3 is 2.50 bits per heavy atom. The van der Waals surface area contributed by atoms with Crippen molar-refractivity contribution in [3.8, 4) is 0 Å². The van der Waals surface area contributed by atoms with Crippen LogP contribution in [0, 0.1) is 0 Å². The first kappa shape index (κ1) is 32.0. The number of carbonyl (C=O) groups is 2. The summed E-state index contributed by atoms with van der Waals surface area (Å²) in [4.78, 5) is 31.5. The molecule has 246 valence electrons. The molecule has 10 nitrogen and oxygen atoms in total. The van der Waals surface area contributed by atoms with E-state index in [-0.39, 0.29) is 35.7 Å². The van der Waals surface area contributed by atoms with Gasteiger partial charge in [-0.05, 0) is 68.7 Å². The number of alkyl halides is 3. The molecule has 1 unspecified atom stereocenters. The van der Waals surface area contributed by atoms with Gasteiger partial charge in [0.05, 0.1) is 25.3 Å². The van der Waals surface area contributed by atoms with Gasteiger partial charge in [-0.25, -0.2) is 4.79 Å². The molecule has 0 saturated carbocycles. The van der Waals surface area contributed by atoms with Gasteiger partial charge in [0, 0.05) is 62.4 Å². The fourth-order valence-corrected chi connectivity index (χ4v) is 6.47. The number of rotatable bonds is 6. The van der Waals surface area contributed by atoms with Crippen molar-refractivity contribution in [3.05, 3.63) is 76.4 Å². The van der Waals surface area contributed by atoms with Crippen LogP contribution in [-0.2, 0) is 47.6 Å². The smallest absolute Gasteiger partial charge is 0.416 e. The highest BCUT2D eigenvalue weighted by Crippen LogP contribution is 2.42. The molecule has 46 heavy (non-hydrogen) atoms. The molecule has 0 spiro atoms. The van der Waals surface area contributed by atoms with Crippen LogP contribution in [0.25, 0.3) is 0 Å². The second kappa shape index (κ2) is 11.7. The molecule has 4 heterocycles. The maximum atomic E-state index is 14.5. The molecule has 3 aromatic rings. The molecule has 2 fully saturated rings. The van der Waals surface area contributed by atoms with E-state index in [0.717, 1.165) is 11.4 Å². The van der Waals surface area contributed by atoms with Crippen LogP contribution in [0.3, 0.4) is 0 Å². The van der Waals surface area contributed by atoms with Crippen LogP contribution in [-0.4, -0.2) is 81.1 Å². The van der Waals surface area contributed by atoms with E-state index in [4.69, 9.17) is 9.47 Å². The highest BCUT2D eigenvalue weighted by atomic mass is 19.4. The lowest BCUT2D eigenvalue weighted by Gasteiger charge is -2.42. The topological polar surface area (TPSA) is 93.0 Å². The summed E-state index contributed by atoms with van der Waals surface area (Å²) < 4.78 is 56.3. The average molecular weight is 641 g/mol. The van der Waals surface area contributed by atoms with E-state index in [2.05, 4.69) is 10.2 Å². The highest BCUT2D eigenvalue weighted by Gasteiger charge is 2.44. The number of nitrogens with zero attached hydrogens (tertiary/aromatic N) is 6. The van der Waals surface area contributed by atoms with Crippen molar-refractivity contribution in [2.75, 3.05) is 37.7 Å². The summed E-state index contributed by atoms with van der Waals surface area (Å²) >= 11 is 0. The third kappa shape index (κ3) is 6.22. The third-order valence-corrected chi connectivity index (χ3v) is 9.04. The number of aryl methyl sites for hydroxylation is 1. The first-order valence-electron chi connectivity index (χ1n) is 15.4. The summed E-state index contributed by atoms with van der Waals surface area (Å²) in [5.41, 5.74) is 0.123. The van der Waals surface area contributed by atoms with E-state index >= 15 is 0 Å². The van der Waals surface area contributed by atoms with E-state index in [0.29, 0.717) is 50.5 Å². The summed E-state index contributed by atoms with van der Waals surface area (Å²) in [5.74, 6) is 0.329. The molecule has 2 aromatic carbocycles. The average Bonchev–Trinajstić information content (AvgIpc) is 3.51. The number of amides is 2. The fraction of sp³-hybridized carbons (Fsp3) is 0.515. The van der Waals surface area contributed by atoms with E-state index in [1.165, 1.54) is 11.0 Å². The second-order valence-corrected chi connectivity index (χ2v) is 13.7. The number of benzene rings is 2. The summed E-state index contributed by atoms with van der Waals surface area (Å²) in [5, 5.41) is 8.19. The number of hydrogen-bond donors (Lipinski definition) is 0. The normalized spacial score (nSPS) is 20.1. The minimum absolute atomic E-state index is 0.0183. The van der Waals surface area contributed by atoms with Gasteiger partial charge < -0.3 is 23.8 Å². The third-order valence-electron chi connectivity index (χ3n) is 9.04. The molecular weight excluding hydrogens is 601 g/mol. The van der Waals surface area contributed by atoms with Gasteiger partial charge in [-0.1, -0.05) is 12.1 Å². The van der Waals surface area contributed by atoms with Crippen LogP contribution in [0.4, 0.5) is 23.7 Å². The molecule has 0 N–H and O–H groups in total. The molecular formula is C33H39F3N6O4. The Balaban J connectivity index is 1.23. The predicted molar refractivity (Wildman–Crippen MR) is 163 cm³/mol. The second-order valence-electron chi connectivity index (χ2n) is 13.7. The largest absolute Gasteiger partial charge is 0.444 e. The Morgan fingerprint density at radius 2 is 1.89 bits per heavy atom. The lowest BCUT2D eigenvalue weighted by molar-refractivity contribution is -0.138. The molecule has 0 aliphatic carbocycles. The maximum absolute atomic E-state index is 14.5. The molecule has 2 saturated heterocycles. The van der Waals surface area contributed by atoms with Crippen LogP contribution in [0.15, 0.2) is 42.7 Å². The quantitative estimate of drug-likeness (QED) is 0.377. The van der Waals surface area contributed by atoms with E-state index in [1.54, 1.807) is 44.1 Å². The number of carbonyl (C=O) groups excluding carboxylic acids is 2. The monoisotopic (exact) mass is 640 g/mol. The van der Waals surface area contributed by atoms with Crippen LogP contribution < -0.4 is 4.90 Å². The van der Waals surface area contributed by atoms with Gasteiger partial charge in [0.25, 0.3) is 5.91 Å². The minimum atomic E-state index is -4.64. The van der Waals surface area contributed by atoms with Crippen molar-refractivity contribution in [1.82, 2.24) is 24.6 Å². The van der Waals surface area contributed by atoms with Gasteiger partial charge in [-0.3, -0.25) is 9.69 Å². The first-order chi connectivity index (χ1) is 21.6. The van der Waals surface area contributed by atoms with Crippen molar-refractivity contribution in [3.63, 3.8) is 0 Å². The number of aromatic nitrogens is 3. The number of hydrogen-bond acceptors (Lipinski definition) is 7. The Bertz CT molecular complexity index is 1640. The van der Waals surface area contributed by atoms with Crippen LogP contribution in [0.1, 0.15) is 66.1 Å². The summed E-state index contributed by atoms with van der Waals surface area (Å²) in [6.07, 6.45) is -2.83. The highest BCUT2D eigenvalue weighted by molar-refractivity contribution is 6.10. The van der Waals surface area contributed by atoms with Crippen LogP contribution in [0.5, 0.6) is 0 Å². The van der Waals surface area contributed by atoms with E-state index in [1.807, 2.05) is 41.6 Å². The molecule has 13 heteroatoms. The summed E-state index contributed by atoms with van der Waals surface area (Å²) in [6, 6.07) is 10.1. The number of ether oxygens (including phenoxy) is 2. The molecule has 6 rings (SSSR count). The van der Waals surface area contributed by atoms with E-state index < -0.39 is 29.3 Å².